The van der Waals surface area contributed by atoms with Crippen molar-refractivity contribution in [1.29, 1.82) is 0 Å². The van der Waals surface area contributed by atoms with Crippen LogP contribution in [-0.4, -0.2) is 46.9 Å². The third kappa shape index (κ3) is 48.3. The highest BCUT2D eigenvalue weighted by Crippen LogP contribution is 2.19. The van der Waals surface area contributed by atoms with Gasteiger partial charge in [0.2, 0.25) is 5.91 Å². The lowest BCUT2D eigenvalue weighted by Gasteiger charge is -2.24. The van der Waals surface area contributed by atoms with Gasteiger partial charge in [-0.05, 0) is 70.6 Å². The Morgan fingerprint density at radius 2 is 0.833 bits per heavy atom. The maximum absolute atomic E-state index is 13.3. The minimum absolute atomic E-state index is 0.0675. The smallest absolute Gasteiger partial charge is 0.306 e. The van der Waals surface area contributed by atoms with Crippen molar-refractivity contribution in [2.75, 3.05) is 6.61 Å². The minimum atomic E-state index is -0.793. The molecular formula is C60H111NO5. The highest BCUT2D eigenvalue weighted by Gasteiger charge is 2.24. The van der Waals surface area contributed by atoms with Crippen LogP contribution in [0.15, 0.2) is 48.6 Å². The second-order valence-electron chi connectivity index (χ2n) is 19.7. The molecule has 6 heteroatoms. The molecule has 3 atom stereocenters. The summed E-state index contributed by atoms with van der Waals surface area (Å²) in [5, 5.41) is 23.9. The number of aliphatic hydroxyl groups excluding tert-OH is 2. The van der Waals surface area contributed by atoms with Gasteiger partial charge in [-0.1, -0.05) is 262 Å². The highest BCUT2D eigenvalue weighted by atomic mass is 16.5. The number of aliphatic hydroxyl groups is 2. The number of hydrogen-bond acceptors (Lipinski definition) is 5. The van der Waals surface area contributed by atoms with Crippen molar-refractivity contribution in [3.8, 4) is 0 Å². The van der Waals surface area contributed by atoms with Gasteiger partial charge in [0.25, 0.3) is 0 Å². The standard InChI is InChI=1S/C60H111NO5/c1-4-7-10-13-16-19-22-25-27-29-31-34-36-39-42-45-48-51-56(66-60(65)53-50-47-44-41-38-33-24-21-18-15-12-9-6-3)54-59(64)61-57(55-62)58(63)52-49-46-43-40-37-35-32-30-28-26-23-20-17-14-11-8-5-2/h9,12,15,18,21,24-25,27,56-58,62-63H,4-8,10-11,13-14,16-17,19-20,22-23,26,28-55H2,1-3H3,(H,61,64)/b12-9+,18-15+,24-21-,27-25+. The Kier molecular flexibility index (Phi) is 52.0. The number of amides is 1. The summed E-state index contributed by atoms with van der Waals surface area (Å²) in [6.07, 6.45) is 66.1. The topological polar surface area (TPSA) is 95.9 Å². The zero-order valence-corrected chi connectivity index (χ0v) is 44.1. The lowest BCUT2D eigenvalue weighted by molar-refractivity contribution is -0.151. The monoisotopic (exact) mass is 926 g/mol. The summed E-state index contributed by atoms with van der Waals surface area (Å²) < 4.78 is 5.95. The van der Waals surface area contributed by atoms with Crippen molar-refractivity contribution < 1.29 is 24.5 Å². The first kappa shape index (κ1) is 63.8. The van der Waals surface area contributed by atoms with E-state index in [2.05, 4.69) is 74.7 Å². The molecule has 386 valence electrons. The van der Waals surface area contributed by atoms with Crippen molar-refractivity contribution in [1.82, 2.24) is 5.32 Å². The van der Waals surface area contributed by atoms with E-state index in [9.17, 15) is 19.8 Å². The number of nitrogens with one attached hydrogen (secondary N) is 1. The van der Waals surface area contributed by atoms with Crippen molar-refractivity contribution in [2.24, 2.45) is 0 Å². The molecule has 0 aromatic heterocycles. The molecule has 1 amide bonds. The molecule has 0 aromatic carbocycles. The summed E-state index contributed by atoms with van der Waals surface area (Å²) in [4.78, 5) is 26.2. The molecule has 0 aliphatic heterocycles. The average Bonchev–Trinajstić information content (AvgIpc) is 3.31. The highest BCUT2D eigenvalue weighted by molar-refractivity contribution is 5.77. The van der Waals surface area contributed by atoms with E-state index >= 15 is 0 Å². The van der Waals surface area contributed by atoms with Gasteiger partial charge in [-0.25, -0.2) is 0 Å². The molecule has 0 fully saturated rings. The van der Waals surface area contributed by atoms with Crippen LogP contribution in [0.2, 0.25) is 0 Å². The number of carbonyl (C=O) groups excluding carboxylic acids is 2. The molecule has 0 aromatic rings. The van der Waals surface area contributed by atoms with Crippen LogP contribution in [0.25, 0.3) is 0 Å². The average molecular weight is 927 g/mol. The molecule has 3 unspecified atom stereocenters. The molecule has 0 rings (SSSR count). The van der Waals surface area contributed by atoms with Crippen molar-refractivity contribution in [3.63, 3.8) is 0 Å². The molecule has 0 bridgehead atoms. The van der Waals surface area contributed by atoms with Gasteiger partial charge in [0.15, 0.2) is 0 Å². The van der Waals surface area contributed by atoms with E-state index < -0.39 is 18.2 Å². The van der Waals surface area contributed by atoms with Crippen molar-refractivity contribution in [2.45, 2.75) is 315 Å². The lowest BCUT2D eigenvalue weighted by atomic mass is 10.0. The Bertz CT molecular complexity index is 1130. The van der Waals surface area contributed by atoms with Crippen molar-refractivity contribution >= 4 is 11.9 Å². The number of ether oxygens (including phenoxy) is 1. The van der Waals surface area contributed by atoms with Gasteiger partial charge < -0.3 is 20.3 Å². The fraction of sp³-hybridized carbons (Fsp3) is 0.833. The van der Waals surface area contributed by atoms with Crippen LogP contribution in [0, 0.1) is 0 Å². The fourth-order valence-electron chi connectivity index (χ4n) is 8.84. The molecule has 6 nitrogen and oxygen atoms in total. The second-order valence-corrected chi connectivity index (χ2v) is 19.7. The van der Waals surface area contributed by atoms with Gasteiger partial charge in [-0.2, -0.15) is 0 Å². The van der Waals surface area contributed by atoms with E-state index in [-0.39, 0.29) is 24.9 Å². The maximum Gasteiger partial charge on any atom is 0.306 e. The molecule has 0 aliphatic carbocycles. The summed E-state index contributed by atoms with van der Waals surface area (Å²) in [6.45, 7) is 6.38. The van der Waals surface area contributed by atoms with Crippen LogP contribution < -0.4 is 5.32 Å². The number of unbranched alkanes of at least 4 members (excludes halogenated alkanes) is 34. The molecule has 3 N–H and O–H groups in total. The summed E-state index contributed by atoms with van der Waals surface area (Å²) in [5.74, 6) is -0.491. The number of allylic oxidation sites excluding steroid dienone is 8. The summed E-state index contributed by atoms with van der Waals surface area (Å²) in [7, 11) is 0. The Morgan fingerprint density at radius 3 is 1.27 bits per heavy atom. The molecule has 0 saturated heterocycles. The normalized spacial score (nSPS) is 13.5. The zero-order valence-electron chi connectivity index (χ0n) is 44.1. The first-order valence-electron chi connectivity index (χ1n) is 28.9. The van der Waals surface area contributed by atoms with E-state index in [0.717, 1.165) is 83.5 Å². The van der Waals surface area contributed by atoms with Gasteiger partial charge in [0.05, 0.1) is 25.2 Å². The quantitative estimate of drug-likeness (QED) is 0.0244. The van der Waals surface area contributed by atoms with E-state index in [0.29, 0.717) is 19.3 Å². The van der Waals surface area contributed by atoms with Crippen LogP contribution in [0.1, 0.15) is 297 Å². The van der Waals surface area contributed by atoms with E-state index in [4.69, 9.17) is 4.74 Å². The van der Waals surface area contributed by atoms with E-state index in [1.807, 2.05) is 0 Å². The number of rotatable bonds is 52. The SMILES string of the molecule is CC/C=C/C=C/C=C\CCCCCCCC(=O)OC(CCCCCCCCC/C=C/CCCCCCCC)CC(=O)NC(CO)C(O)CCCCCCCCCCCCCCCCCCC. The van der Waals surface area contributed by atoms with Gasteiger partial charge in [0.1, 0.15) is 6.10 Å². The van der Waals surface area contributed by atoms with Gasteiger partial charge in [-0.3, -0.25) is 9.59 Å². The Hall–Kier alpha value is -2.18. The Labute approximate surface area is 410 Å². The largest absolute Gasteiger partial charge is 0.462 e. The van der Waals surface area contributed by atoms with Gasteiger partial charge in [-0.15, -0.1) is 0 Å². The number of carbonyl (C=O) groups is 2. The maximum atomic E-state index is 13.3. The van der Waals surface area contributed by atoms with E-state index in [1.165, 1.54) is 167 Å². The summed E-state index contributed by atoms with van der Waals surface area (Å²) in [6, 6.07) is -0.708. The summed E-state index contributed by atoms with van der Waals surface area (Å²) in [5.41, 5.74) is 0. The van der Waals surface area contributed by atoms with Crippen LogP contribution in [-0.2, 0) is 14.3 Å². The second kappa shape index (κ2) is 53.8. The zero-order chi connectivity index (χ0) is 48.1. The molecule has 0 heterocycles. The third-order valence-corrected chi connectivity index (χ3v) is 13.2. The molecular weight excluding hydrogens is 815 g/mol. The lowest BCUT2D eigenvalue weighted by Crippen LogP contribution is -2.46. The first-order chi connectivity index (χ1) is 32.5. The number of hydrogen-bond donors (Lipinski definition) is 3. The molecule has 0 radical (unpaired) electrons. The third-order valence-electron chi connectivity index (χ3n) is 13.2. The molecule has 0 aliphatic rings. The predicted molar refractivity (Wildman–Crippen MR) is 287 cm³/mol. The number of esters is 1. The molecule has 0 saturated carbocycles. The Balaban J connectivity index is 4.54. The summed E-state index contributed by atoms with van der Waals surface area (Å²) >= 11 is 0. The van der Waals surface area contributed by atoms with Crippen LogP contribution in [0.5, 0.6) is 0 Å². The van der Waals surface area contributed by atoms with Crippen LogP contribution >= 0.6 is 0 Å². The van der Waals surface area contributed by atoms with Gasteiger partial charge >= 0.3 is 5.97 Å². The van der Waals surface area contributed by atoms with Crippen LogP contribution in [0.3, 0.4) is 0 Å². The van der Waals surface area contributed by atoms with E-state index in [1.54, 1.807) is 0 Å². The predicted octanol–water partition coefficient (Wildman–Crippen LogP) is 17.8. The first-order valence-corrected chi connectivity index (χ1v) is 28.9. The van der Waals surface area contributed by atoms with Crippen LogP contribution in [0.4, 0.5) is 0 Å². The van der Waals surface area contributed by atoms with Gasteiger partial charge in [0, 0.05) is 6.42 Å². The van der Waals surface area contributed by atoms with Crippen molar-refractivity contribution in [3.05, 3.63) is 48.6 Å². The molecule has 0 spiro atoms. The Morgan fingerprint density at radius 1 is 0.455 bits per heavy atom. The minimum Gasteiger partial charge on any atom is -0.462 e. The fourth-order valence-corrected chi connectivity index (χ4v) is 8.84. The molecule has 66 heavy (non-hydrogen) atoms.